The molecule has 2 fully saturated rings. The van der Waals surface area contributed by atoms with Gasteiger partial charge in [0.2, 0.25) is 11.8 Å². The van der Waals surface area contributed by atoms with Gasteiger partial charge in [-0.05, 0) is 32.9 Å². The van der Waals surface area contributed by atoms with Gasteiger partial charge in [-0.3, -0.25) is 9.59 Å². The van der Waals surface area contributed by atoms with Gasteiger partial charge in [-0.15, -0.1) is 0 Å². The zero-order valence-corrected chi connectivity index (χ0v) is 13.3. The molecule has 2 heterocycles. The van der Waals surface area contributed by atoms with Crippen molar-refractivity contribution in [2.75, 3.05) is 33.2 Å². The van der Waals surface area contributed by atoms with Gasteiger partial charge in [0.05, 0.1) is 5.92 Å². The molecule has 2 amide bonds. The van der Waals surface area contributed by atoms with Crippen molar-refractivity contribution in [2.24, 2.45) is 5.92 Å². The summed E-state index contributed by atoms with van der Waals surface area (Å²) in [6, 6.07) is 0.248. The van der Waals surface area contributed by atoms with E-state index in [0.717, 1.165) is 45.4 Å². The summed E-state index contributed by atoms with van der Waals surface area (Å²) in [4.78, 5) is 27.5. The van der Waals surface area contributed by atoms with E-state index in [1.807, 2.05) is 18.7 Å². The zero-order chi connectivity index (χ0) is 15.1. The van der Waals surface area contributed by atoms with Gasteiger partial charge in [0.15, 0.2) is 0 Å². The summed E-state index contributed by atoms with van der Waals surface area (Å²) < 4.78 is 0. The Hall–Kier alpha value is -1.10. The van der Waals surface area contributed by atoms with Crippen LogP contribution >= 0.6 is 0 Å². The van der Waals surface area contributed by atoms with Crippen molar-refractivity contribution in [1.82, 2.24) is 15.1 Å². The van der Waals surface area contributed by atoms with Crippen LogP contribution in [-0.4, -0.2) is 60.9 Å². The van der Waals surface area contributed by atoms with Crippen molar-refractivity contribution in [3.63, 3.8) is 0 Å². The number of nitrogens with zero attached hydrogens (tertiary/aromatic N) is 2. The lowest BCUT2D eigenvalue weighted by molar-refractivity contribution is -0.136. The second-order valence-corrected chi connectivity index (χ2v) is 5.55. The summed E-state index contributed by atoms with van der Waals surface area (Å²) >= 11 is 0. The first-order chi connectivity index (χ1) is 9.56. The zero-order valence-electron chi connectivity index (χ0n) is 13.3. The van der Waals surface area contributed by atoms with Gasteiger partial charge in [-0.25, -0.2) is 0 Å². The molecule has 1 atom stereocenters. The molecule has 2 aliphatic rings. The van der Waals surface area contributed by atoms with E-state index in [2.05, 4.69) is 17.3 Å². The second-order valence-electron chi connectivity index (χ2n) is 5.55. The summed E-state index contributed by atoms with van der Waals surface area (Å²) in [5.74, 6) is 0.519. The standard InChI is InChI=1S/C13H23N3O2.C2H6/c1-10(17)14-12-4-7-16(8-5-12)13(18)11-3-6-15(2)9-11;1-2/h11-12H,3-9H2,1-2H3,(H,14,17);1-2H3. The molecule has 5 heteroatoms. The van der Waals surface area contributed by atoms with Gasteiger partial charge in [0, 0.05) is 32.6 Å². The van der Waals surface area contributed by atoms with E-state index < -0.39 is 0 Å². The van der Waals surface area contributed by atoms with Crippen LogP contribution < -0.4 is 5.32 Å². The smallest absolute Gasteiger partial charge is 0.227 e. The molecule has 116 valence electrons. The van der Waals surface area contributed by atoms with Gasteiger partial charge in [0.1, 0.15) is 0 Å². The molecular weight excluding hydrogens is 254 g/mol. The number of hydrogen-bond acceptors (Lipinski definition) is 3. The molecule has 1 N–H and O–H groups in total. The topological polar surface area (TPSA) is 52.7 Å². The lowest BCUT2D eigenvalue weighted by atomic mass is 10.0. The Bertz CT molecular complexity index is 325. The number of amides is 2. The average molecular weight is 283 g/mol. The average Bonchev–Trinajstić information content (AvgIpc) is 2.87. The van der Waals surface area contributed by atoms with Crippen LogP contribution in [0.3, 0.4) is 0 Å². The molecule has 0 saturated carbocycles. The molecule has 0 aliphatic carbocycles. The van der Waals surface area contributed by atoms with Crippen molar-refractivity contribution < 1.29 is 9.59 Å². The molecule has 0 spiro atoms. The van der Waals surface area contributed by atoms with Crippen LogP contribution in [0.15, 0.2) is 0 Å². The Balaban J connectivity index is 0.000000956. The summed E-state index contributed by atoms with van der Waals surface area (Å²) in [5.41, 5.74) is 0. The van der Waals surface area contributed by atoms with E-state index in [-0.39, 0.29) is 17.9 Å². The lowest BCUT2D eigenvalue weighted by Crippen LogP contribution is -2.47. The Morgan fingerprint density at radius 3 is 2.10 bits per heavy atom. The molecule has 0 aromatic rings. The number of rotatable bonds is 2. The van der Waals surface area contributed by atoms with E-state index in [1.54, 1.807) is 6.92 Å². The number of hydrogen-bond donors (Lipinski definition) is 1. The Morgan fingerprint density at radius 1 is 1.05 bits per heavy atom. The first-order valence-electron chi connectivity index (χ1n) is 7.80. The summed E-state index contributed by atoms with van der Waals surface area (Å²) in [5, 5.41) is 2.93. The molecule has 0 aromatic heterocycles. The monoisotopic (exact) mass is 283 g/mol. The third-order valence-electron chi connectivity index (χ3n) is 3.95. The summed E-state index contributed by atoms with van der Waals surface area (Å²) in [6.45, 7) is 9.03. The Morgan fingerprint density at radius 2 is 1.65 bits per heavy atom. The Labute approximate surface area is 122 Å². The van der Waals surface area contributed by atoms with Gasteiger partial charge < -0.3 is 15.1 Å². The third kappa shape index (κ3) is 4.78. The largest absolute Gasteiger partial charge is 0.353 e. The molecule has 2 aliphatic heterocycles. The van der Waals surface area contributed by atoms with Crippen molar-refractivity contribution >= 4 is 11.8 Å². The number of nitrogens with one attached hydrogen (secondary N) is 1. The quantitative estimate of drug-likeness (QED) is 0.825. The van der Waals surface area contributed by atoms with Crippen LogP contribution in [0, 0.1) is 5.92 Å². The molecule has 5 nitrogen and oxygen atoms in total. The fourth-order valence-electron chi connectivity index (χ4n) is 2.93. The highest BCUT2D eigenvalue weighted by Gasteiger charge is 2.31. The number of piperidine rings is 1. The molecule has 0 bridgehead atoms. The van der Waals surface area contributed by atoms with E-state index >= 15 is 0 Å². The first kappa shape index (κ1) is 17.0. The highest BCUT2D eigenvalue weighted by molar-refractivity contribution is 5.79. The number of carbonyl (C=O) groups excluding carboxylic acids is 2. The van der Waals surface area contributed by atoms with Gasteiger partial charge in [-0.1, -0.05) is 13.8 Å². The van der Waals surface area contributed by atoms with Crippen LogP contribution in [0.4, 0.5) is 0 Å². The van der Waals surface area contributed by atoms with E-state index in [0.29, 0.717) is 5.91 Å². The maximum Gasteiger partial charge on any atom is 0.227 e. The normalized spacial score (nSPS) is 24.0. The lowest BCUT2D eigenvalue weighted by Gasteiger charge is -2.33. The van der Waals surface area contributed by atoms with Crippen LogP contribution in [-0.2, 0) is 9.59 Å². The molecular formula is C15H29N3O2. The van der Waals surface area contributed by atoms with E-state index in [4.69, 9.17) is 0 Å². The molecule has 2 rings (SSSR count). The molecule has 2 saturated heterocycles. The fraction of sp³-hybridized carbons (Fsp3) is 0.867. The van der Waals surface area contributed by atoms with E-state index in [9.17, 15) is 9.59 Å². The summed E-state index contributed by atoms with van der Waals surface area (Å²) in [6.07, 6.45) is 2.75. The summed E-state index contributed by atoms with van der Waals surface area (Å²) in [7, 11) is 2.07. The van der Waals surface area contributed by atoms with Crippen molar-refractivity contribution in [3.05, 3.63) is 0 Å². The minimum Gasteiger partial charge on any atom is -0.353 e. The van der Waals surface area contributed by atoms with Crippen molar-refractivity contribution in [1.29, 1.82) is 0 Å². The van der Waals surface area contributed by atoms with Gasteiger partial charge in [-0.2, -0.15) is 0 Å². The Kier molecular flexibility index (Phi) is 6.99. The van der Waals surface area contributed by atoms with Crippen LogP contribution in [0.1, 0.15) is 40.0 Å². The highest BCUT2D eigenvalue weighted by Crippen LogP contribution is 2.20. The minimum absolute atomic E-state index is 0.0252. The molecule has 1 unspecified atom stereocenters. The maximum absolute atomic E-state index is 12.3. The number of carbonyl (C=O) groups is 2. The van der Waals surface area contributed by atoms with E-state index in [1.165, 1.54) is 0 Å². The van der Waals surface area contributed by atoms with Crippen molar-refractivity contribution in [3.8, 4) is 0 Å². The van der Waals surface area contributed by atoms with Gasteiger partial charge in [0.25, 0.3) is 0 Å². The minimum atomic E-state index is 0.0252. The second kappa shape index (κ2) is 8.25. The highest BCUT2D eigenvalue weighted by atomic mass is 16.2. The van der Waals surface area contributed by atoms with Gasteiger partial charge >= 0.3 is 0 Å². The molecule has 0 radical (unpaired) electrons. The third-order valence-corrected chi connectivity index (χ3v) is 3.95. The maximum atomic E-state index is 12.3. The van der Waals surface area contributed by atoms with Crippen LogP contribution in [0.2, 0.25) is 0 Å². The fourth-order valence-corrected chi connectivity index (χ4v) is 2.93. The molecule has 20 heavy (non-hydrogen) atoms. The molecule has 0 aromatic carbocycles. The van der Waals surface area contributed by atoms with Crippen LogP contribution in [0.25, 0.3) is 0 Å². The van der Waals surface area contributed by atoms with Crippen molar-refractivity contribution in [2.45, 2.75) is 46.1 Å². The first-order valence-corrected chi connectivity index (χ1v) is 7.80. The van der Waals surface area contributed by atoms with Crippen LogP contribution in [0.5, 0.6) is 0 Å². The predicted molar refractivity (Wildman–Crippen MR) is 80.4 cm³/mol. The SMILES string of the molecule is CC.CC(=O)NC1CCN(C(=O)C2CCN(C)C2)CC1. The predicted octanol–water partition coefficient (Wildman–Crippen LogP) is 1.09. The number of likely N-dealkylation sites (tertiary alicyclic amines) is 2.